The van der Waals surface area contributed by atoms with Crippen molar-refractivity contribution in [2.45, 2.75) is 245 Å². The second-order valence-electron chi connectivity index (χ2n) is 17.7. The van der Waals surface area contributed by atoms with Crippen molar-refractivity contribution in [2.24, 2.45) is 0 Å². The quantitative estimate of drug-likeness (QED) is 0.0262. The van der Waals surface area contributed by atoms with Crippen LogP contribution in [-0.4, -0.2) is 37.2 Å². The molecule has 0 unspecified atom stereocenters. The monoisotopic (exact) mass is 929 g/mol. The lowest BCUT2D eigenvalue weighted by Crippen LogP contribution is -2.30. The van der Waals surface area contributed by atoms with Crippen LogP contribution < -0.4 is 0 Å². The maximum atomic E-state index is 12.8. The predicted molar refractivity (Wildman–Crippen MR) is 288 cm³/mol. The van der Waals surface area contributed by atoms with E-state index in [0.29, 0.717) is 19.3 Å². The summed E-state index contributed by atoms with van der Waals surface area (Å²) in [5.41, 5.74) is 0. The average Bonchev–Trinajstić information content (AvgIpc) is 3.33. The first-order chi connectivity index (χ1) is 33.0. The molecule has 0 aliphatic carbocycles. The largest absolute Gasteiger partial charge is 0.462 e. The molecule has 0 spiro atoms. The standard InChI is InChI=1S/C61H100O6/c1-4-7-10-13-16-19-22-25-28-30-33-35-38-41-44-47-50-53-59(62)65-56-58(67-61(64)55-52-49-46-43-40-37-32-27-24-21-18-15-12-9-6-3)57-66-60(63)54-51-48-45-42-39-36-34-31-29-26-23-20-17-14-11-8-5-2/h7,9-10,12,16,18-19,21,25-29,32-33,35,41,44,58H,4-6,8,11,13-15,17,20,22-24,30-31,34,36-40,42-43,45-57H2,1-3H3/b10-7-,12-9-,19-16-,21-18-,28-25-,29-26-,32-27-,35-33-,44-41-/t58-/m1/s1. The molecule has 0 heterocycles. The van der Waals surface area contributed by atoms with E-state index in [1.165, 1.54) is 77.0 Å². The highest BCUT2D eigenvalue weighted by atomic mass is 16.6. The first kappa shape index (κ1) is 63.1. The van der Waals surface area contributed by atoms with Gasteiger partial charge in [-0.25, -0.2) is 0 Å². The van der Waals surface area contributed by atoms with Gasteiger partial charge in [0.05, 0.1) is 0 Å². The van der Waals surface area contributed by atoms with Crippen LogP contribution in [0.1, 0.15) is 239 Å². The van der Waals surface area contributed by atoms with Crippen molar-refractivity contribution in [3.05, 3.63) is 109 Å². The number of unbranched alkanes of at least 4 members (excludes halogenated alkanes) is 19. The minimum atomic E-state index is -0.814. The summed E-state index contributed by atoms with van der Waals surface area (Å²) < 4.78 is 16.8. The van der Waals surface area contributed by atoms with E-state index in [1.54, 1.807) is 0 Å². The van der Waals surface area contributed by atoms with Crippen molar-refractivity contribution in [3.63, 3.8) is 0 Å². The molecule has 0 saturated carbocycles. The number of hydrogen-bond donors (Lipinski definition) is 0. The van der Waals surface area contributed by atoms with E-state index in [-0.39, 0.29) is 37.5 Å². The van der Waals surface area contributed by atoms with Gasteiger partial charge in [0.15, 0.2) is 6.10 Å². The third-order valence-electron chi connectivity index (χ3n) is 11.2. The Balaban J connectivity index is 4.51. The number of hydrogen-bond acceptors (Lipinski definition) is 6. The molecule has 0 aromatic heterocycles. The van der Waals surface area contributed by atoms with E-state index >= 15 is 0 Å². The second-order valence-corrected chi connectivity index (χ2v) is 17.7. The third-order valence-corrected chi connectivity index (χ3v) is 11.2. The zero-order valence-corrected chi connectivity index (χ0v) is 43.4. The lowest BCUT2D eigenvalue weighted by Gasteiger charge is -2.18. The number of esters is 3. The molecule has 6 heteroatoms. The molecule has 0 aliphatic heterocycles. The molecule has 0 bridgehead atoms. The van der Waals surface area contributed by atoms with E-state index in [1.807, 2.05) is 0 Å². The molecule has 0 aromatic rings. The lowest BCUT2D eigenvalue weighted by atomic mass is 10.1. The number of carbonyl (C=O) groups excluding carboxylic acids is 3. The van der Waals surface area contributed by atoms with Crippen molar-refractivity contribution in [1.82, 2.24) is 0 Å². The molecule has 0 rings (SSSR count). The van der Waals surface area contributed by atoms with E-state index < -0.39 is 6.10 Å². The summed E-state index contributed by atoms with van der Waals surface area (Å²) in [7, 11) is 0. The second kappa shape index (κ2) is 54.7. The molecule has 1 atom stereocenters. The van der Waals surface area contributed by atoms with Crippen LogP contribution >= 0.6 is 0 Å². The molecule has 6 nitrogen and oxygen atoms in total. The summed E-state index contributed by atoms with van der Waals surface area (Å²) >= 11 is 0. The Morgan fingerprint density at radius 3 is 0.985 bits per heavy atom. The molecular weight excluding hydrogens is 829 g/mol. The van der Waals surface area contributed by atoms with Crippen LogP contribution in [0, 0.1) is 0 Å². The summed E-state index contributed by atoms with van der Waals surface area (Å²) in [6, 6.07) is 0. The van der Waals surface area contributed by atoms with Gasteiger partial charge in [-0.3, -0.25) is 14.4 Å². The topological polar surface area (TPSA) is 78.9 Å². The summed E-state index contributed by atoms with van der Waals surface area (Å²) in [6.07, 6.45) is 73.6. The van der Waals surface area contributed by atoms with Gasteiger partial charge >= 0.3 is 17.9 Å². The van der Waals surface area contributed by atoms with Gasteiger partial charge in [-0.2, -0.15) is 0 Å². The highest BCUT2D eigenvalue weighted by molar-refractivity contribution is 5.71. The smallest absolute Gasteiger partial charge is 0.306 e. The Morgan fingerprint density at radius 2 is 0.597 bits per heavy atom. The van der Waals surface area contributed by atoms with E-state index in [9.17, 15) is 14.4 Å². The van der Waals surface area contributed by atoms with Gasteiger partial charge in [-0.1, -0.05) is 214 Å². The number of rotatable bonds is 48. The molecule has 0 saturated heterocycles. The molecule has 380 valence electrons. The number of ether oxygens (including phenoxy) is 3. The van der Waals surface area contributed by atoms with Crippen LogP contribution in [0.4, 0.5) is 0 Å². The highest BCUT2D eigenvalue weighted by Gasteiger charge is 2.19. The van der Waals surface area contributed by atoms with Crippen molar-refractivity contribution < 1.29 is 28.6 Å². The van der Waals surface area contributed by atoms with E-state index in [0.717, 1.165) is 116 Å². The van der Waals surface area contributed by atoms with Crippen LogP contribution in [0.15, 0.2) is 109 Å². The number of allylic oxidation sites excluding steroid dienone is 18. The van der Waals surface area contributed by atoms with Crippen molar-refractivity contribution in [1.29, 1.82) is 0 Å². The summed E-state index contributed by atoms with van der Waals surface area (Å²) in [5, 5.41) is 0. The van der Waals surface area contributed by atoms with Crippen LogP contribution in [0.5, 0.6) is 0 Å². The first-order valence-electron chi connectivity index (χ1n) is 27.4. The van der Waals surface area contributed by atoms with Gasteiger partial charge in [0.25, 0.3) is 0 Å². The molecule has 0 aliphatic rings. The molecule has 0 N–H and O–H groups in total. The van der Waals surface area contributed by atoms with Gasteiger partial charge in [-0.15, -0.1) is 0 Å². The summed E-state index contributed by atoms with van der Waals surface area (Å²) in [6.45, 7) is 6.34. The fourth-order valence-corrected chi connectivity index (χ4v) is 7.19. The average molecular weight is 929 g/mol. The minimum absolute atomic E-state index is 0.107. The molecule has 0 amide bonds. The zero-order chi connectivity index (χ0) is 48.6. The zero-order valence-electron chi connectivity index (χ0n) is 43.4. The van der Waals surface area contributed by atoms with Gasteiger partial charge in [0, 0.05) is 19.3 Å². The molecular formula is C61H100O6. The van der Waals surface area contributed by atoms with E-state index in [2.05, 4.69) is 130 Å². The van der Waals surface area contributed by atoms with Crippen LogP contribution in [-0.2, 0) is 28.6 Å². The van der Waals surface area contributed by atoms with Gasteiger partial charge in [0.2, 0.25) is 0 Å². The fraction of sp³-hybridized carbons (Fsp3) is 0.656. The molecule has 0 aromatic carbocycles. The fourth-order valence-electron chi connectivity index (χ4n) is 7.19. The molecule has 0 fully saturated rings. The number of carbonyl (C=O) groups is 3. The SMILES string of the molecule is CC/C=C\C/C=C\C/C=C\C/C=C\C/C=C\CCCC(=O)OC[C@H](COC(=O)CCCCCCCCC/C=C\CCCCCCCC)OC(=O)CCCCCCC/C=C\C/C=C\C/C=C\CC. The van der Waals surface area contributed by atoms with Gasteiger partial charge in [-0.05, 0) is 116 Å². The van der Waals surface area contributed by atoms with Crippen LogP contribution in [0.2, 0.25) is 0 Å². The van der Waals surface area contributed by atoms with Crippen molar-refractivity contribution in [3.8, 4) is 0 Å². The summed E-state index contributed by atoms with van der Waals surface area (Å²) in [5.74, 6) is -0.991. The van der Waals surface area contributed by atoms with Crippen molar-refractivity contribution >= 4 is 17.9 Å². The van der Waals surface area contributed by atoms with E-state index in [4.69, 9.17) is 14.2 Å². The molecule has 0 radical (unpaired) electrons. The summed E-state index contributed by atoms with van der Waals surface area (Å²) in [4.78, 5) is 38.1. The normalized spacial score (nSPS) is 12.9. The minimum Gasteiger partial charge on any atom is -0.462 e. The van der Waals surface area contributed by atoms with Gasteiger partial charge in [0.1, 0.15) is 13.2 Å². The van der Waals surface area contributed by atoms with Gasteiger partial charge < -0.3 is 14.2 Å². The Bertz CT molecular complexity index is 1390. The third kappa shape index (κ3) is 52.9. The first-order valence-corrected chi connectivity index (χ1v) is 27.4. The Morgan fingerprint density at radius 1 is 0.313 bits per heavy atom. The van der Waals surface area contributed by atoms with Crippen LogP contribution in [0.25, 0.3) is 0 Å². The molecule has 67 heavy (non-hydrogen) atoms. The lowest BCUT2D eigenvalue weighted by molar-refractivity contribution is -0.167. The maximum absolute atomic E-state index is 12.8. The highest BCUT2D eigenvalue weighted by Crippen LogP contribution is 2.14. The Kier molecular flexibility index (Phi) is 51.5. The predicted octanol–water partition coefficient (Wildman–Crippen LogP) is 18.3. The van der Waals surface area contributed by atoms with Crippen LogP contribution in [0.3, 0.4) is 0 Å². The van der Waals surface area contributed by atoms with Crippen molar-refractivity contribution in [2.75, 3.05) is 13.2 Å². The Labute approximate surface area is 412 Å². The maximum Gasteiger partial charge on any atom is 0.306 e. The Hall–Kier alpha value is -3.93.